The molecular formula is C15H14BrF3N2. The highest BCUT2D eigenvalue weighted by Crippen LogP contribution is 2.37. The summed E-state index contributed by atoms with van der Waals surface area (Å²) in [6.45, 7) is 1.92. The standard InChI is InChI=1S/C15H14BrF3N2/c1-9-3-2-4-10(7-9)14(21-20)11-5-6-13(16)12(8-11)15(17,18)19/h2-8,14,21H,20H2,1H3. The Labute approximate surface area is 129 Å². The van der Waals surface area contributed by atoms with Crippen LogP contribution in [-0.4, -0.2) is 0 Å². The van der Waals surface area contributed by atoms with Crippen LogP contribution in [0.15, 0.2) is 46.9 Å². The van der Waals surface area contributed by atoms with Crippen molar-refractivity contribution in [2.45, 2.75) is 19.1 Å². The molecule has 2 rings (SSSR count). The SMILES string of the molecule is Cc1cccc(C(NN)c2ccc(Br)c(C(F)(F)F)c2)c1. The number of halogens is 4. The van der Waals surface area contributed by atoms with Gasteiger partial charge in [-0.15, -0.1) is 0 Å². The smallest absolute Gasteiger partial charge is 0.271 e. The van der Waals surface area contributed by atoms with Gasteiger partial charge in [0.05, 0.1) is 11.6 Å². The Morgan fingerprint density at radius 1 is 1.10 bits per heavy atom. The molecule has 2 aromatic rings. The van der Waals surface area contributed by atoms with E-state index in [2.05, 4.69) is 21.4 Å². The zero-order valence-corrected chi connectivity index (χ0v) is 12.8. The fraction of sp³-hybridized carbons (Fsp3) is 0.200. The van der Waals surface area contributed by atoms with E-state index >= 15 is 0 Å². The molecule has 0 radical (unpaired) electrons. The number of hydrogen-bond donors (Lipinski definition) is 2. The Hall–Kier alpha value is -1.37. The normalized spacial score (nSPS) is 13.2. The van der Waals surface area contributed by atoms with Crippen LogP contribution in [0.3, 0.4) is 0 Å². The van der Waals surface area contributed by atoms with Crippen LogP contribution in [-0.2, 0) is 6.18 Å². The number of nitrogens with one attached hydrogen (secondary N) is 1. The van der Waals surface area contributed by atoms with E-state index in [0.717, 1.165) is 17.2 Å². The molecule has 0 saturated carbocycles. The van der Waals surface area contributed by atoms with Gasteiger partial charge >= 0.3 is 6.18 Å². The predicted octanol–water partition coefficient (Wildman–Crippen LogP) is 4.33. The average Bonchev–Trinajstić information content (AvgIpc) is 2.40. The van der Waals surface area contributed by atoms with E-state index in [1.165, 1.54) is 6.07 Å². The molecule has 0 amide bonds. The van der Waals surface area contributed by atoms with Crippen LogP contribution in [0.25, 0.3) is 0 Å². The second-order valence-corrected chi connectivity index (χ2v) is 5.61. The van der Waals surface area contributed by atoms with Crippen molar-refractivity contribution in [1.82, 2.24) is 5.43 Å². The summed E-state index contributed by atoms with van der Waals surface area (Å²) in [6.07, 6.45) is -4.42. The van der Waals surface area contributed by atoms with E-state index in [1.807, 2.05) is 31.2 Å². The number of aryl methyl sites for hydroxylation is 1. The summed E-state index contributed by atoms with van der Waals surface area (Å²) >= 11 is 2.93. The third kappa shape index (κ3) is 3.64. The fourth-order valence-electron chi connectivity index (χ4n) is 2.17. The lowest BCUT2D eigenvalue weighted by Gasteiger charge is -2.19. The molecule has 3 N–H and O–H groups in total. The van der Waals surface area contributed by atoms with Crippen LogP contribution >= 0.6 is 15.9 Å². The van der Waals surface area contributed by atoms with Crippen molar-refractivity contribution in [1.29, 1.82) is 0 Å². The van der Waals surface area contributed by atoms with Gasteiger partial charge in [0.15, 0.2) is 0 Å². The topological polar surface area (TPSA) is 38.0 Å². The van der Waals surface area contributed by atoms with Gasteiger partial charge in [0, 0.05) is 4.47 Å². The van der Waals surface area contributed by atoms with Gasteiger partial charge in [0.25, 0.3) is 0 Å². The maximum absolute atomic E-state index is 13.0. The predicted molar refractivity (Wildman–Crippen MR) is 79.5 cm³/mol. The van der Waals surface area contributed by atoms with Gasteiger partial charge in [-0.05, 0) is 30.2 Å². The number of hydrazine groups is 1. The van der Waals surface area contributed by atoms with E-state index in [4.69, 9.17) is 5.84 Å². The number of rotatable bonds is 3. The van der Waals surface area contributed by atoms with Crippen LogP contribution in [0.4, 0.5) is 13.2 Å². The van der Waals surface area contributed by atoms with Crippen molar-refractivity contribution in [3.8, 4) is 0 Å². The van der Waals surface area contributed by atoms with Gasteiger partial charge < -0.3 is 0 Å². The zero-order valence-electron chi connectivity index (χ0n) is 11.2. The second kappa shape index (κ2) is 6.17. The molecule has 6 heteroatoms. The molecule has 2 aromatic carbocycles. The molecule has 0 heterocycles. The Bertz CT molecular complexity index is 641. The fourth-order valence-corrected chi connectivity index (χ4v) is 2.65. The van der Waals surface area contributed by atoms with Crippen molar-refractivity contribution < 1.29 is 13.2 Å². The van der Waals surface area contributed by atoms with Gasteiger partial charge in [0.2, 0.25) is 0 Å². The number of benzene rings is 2. The molecule has 2 nitrogen and oxygen atoms in total. The Morgan fingerprint density at radius 2 is 1.76 bits per heavy atom. The van der Waals surface area contributed by atoms with Crippen LogP contribution < -0.4 is 11.3 Å². The lowest BCUT2D eigenvalue weighted by atomic mass is 9.96. The Balaban J connectivity index is 2.49. The summed E-state index contributed by atoms with van der Waals surface area (Å²) in [5.41, 5.74) is 4.15. The number of nitrogens with two attached hydrogens (primary N) is 1. The van der Waals surface area contributed by atoms with Crippen LogP contribution in [0.1, 0.15) is 28.3 Å². The van der Waals surface area contributed by atoms with Crippen molar-refractivity contribution in [3.63, 3.8) is 0 Å². The van der Waals surface area contributed by atoms with E-state index in [-0.39, 0.29) is 4.47 Å². The third-order valence-electron chi connectivity index (χ3n) is 3.17. The minimum atomic E-state index is -4.42. The number of hydrogen-bond acceptors (Lipinski definition) is 2. The van der Waals surface area contributed by atoms with Crippen molar-refractivity contribution in [2.24, 2.45) is 5.84 Å². The van der Waals surface area contributed by atoms with Crippen molar-refractivity contribution in [3.05, 3.63) is 69.2 Å². The molecule has 0 aromatic heterocycles. The highest BCUT2D eigenvalue weighted by atomic mass is 79.9. The first-order chi connectivity index (χ1) is 9.82. The number of alkyl halides is 3. The Kier molecular flexibility index (Phi) is 4.70. The monoisotopic (exact) mass is 358 g/mol. The molecule has 0 bridgehead atoms. The zero-order chi connectivity index (χ0) is 15.6. The molecular weight excluding hydrogens is 345 g/mol. The maximum atomic E-state index is 13.0. The lowest BCUT2D eigenvalue weighted by Crippen LogP contribution is -2.29. The molecule has 21 heavy (non-hydrogen) atoms. The van der Waals surface area contributed by atoms with Crippen LogP contribution in [0, 0.1) is 6.92 Å². The largest absolute Gasteiger partial charge is 0.417 e. The van der Waals surface area contributed by atoms with E-state index < -0.39 is 17.8 Å². The highest BCUT2D eigenvalue weighted by Gasteiger charge is 2.33. The van der Waals surface area contributed by atoms with Gasteiger partial charge in [-0.1, -0.05) is 51.8 Å². The summed E-state index contributed by atoms with van der Waals surface area (Å²) < 4.78 is 39.0. The molecule has 0 aliphatic heterocycles. The van der Waals surface area contributed by atoms with Gasteiger partial charge in [-0.25, -0.2) is 5.43 Å². The second-order valence-electron chi connectivity index (χ2n) is 4.75. The molecule has 0 fully saturated rings. The first-order valence-electron chi connectivity index (χ1n) is 6.22. The highest BCUT2D eigenvalue weighted by molar-refractivity contribution is 9.10. The summed E-state index contributed by atoms with van der Waals surface area (Å²) in [5.74, 6) is 5.54. The third-order valence-corrected chi connectivity index (χ3v) is 3.86. The van der Waals surface area contributed by atoms with Gasteiger partial charge in [-0.2, -0.15) is 13.2 Å². The minimum Gasteiger partial charge on any atom is -0.271 e. The lowest BCUT2D eigenvalue weighted by molar-refractivity contribution is -0.138. The van der Waals surface area contributed by atoms with Crippen LogP contribution in [0.2, 0.25) is 0 Å². The summed E-state index contributed by atoms with van der Waals surface area (Å²) in [4.78, 5) is 0. The molecule has 0 saturated heterocycles. The molecule has 0 aliphatic carbocycles. The molecule has 0 aliphatic rings. The molecule has 1 unspecified atom stereocenters. The summed E-state index contributed by atoms with van der Waals surface area (Å²) in [5, 5.41) is 0. The average molecular weight is 359 g/mol. The van der Waals surface area contributed by atoms with Crippen molar-refractivity contribution >= 4 is 15.9 Å². The summed E-state index contributed by atoms with van der Waals surface area (Å²) in [6, 6.07) is 11.1. The molecule has 112 valence electrons. The van der Waals surface area contributed by atoms with Crippen LogP contribution in [0.5, 0.6) is 0 Å². The molecule has 0 spiro atoms. The Morgan fingerprint density at radius 3 is 2.33 bits per heavy atom. The first kappa shape index (κ1) is 16.0. The van der Waals surface area contributed by atoms with Crippen molar-refractivity contribution in [2.75, 3.05) is 0 Å². The van der Waals surface area contributed by atoms with Gasteiger partial charge in [0.1, 0.15) is 0 Å². The van der Waals surface area contributed by atoms with Gasteiger partial charge in [-0.3, -0.25) is 5.84 Å². The minimum absolute atomic E-state index is 0.0127. The van der Waals surface area contributed by atoms with E-state index in [9.17, 15) is 13.2 Å². The van der Waals surface area contributed by atoms with E-state index in [0.29, 0.717) is 5.56 Å². The molecule has 1 atom stereocenters. The quantitative estimate of drug-likeness (QED) is 0.633. The first-order valence-corrected chi connectivity index (χ1v) is 7.01. The summed E-state index contributed by atoms with van der Waals surface area (Å²) in [7, 11) is 0. The maximum Gasteiger partial charge on any atom is 0.417 e. The van der Waals surface area contributed by atoms with E-state index in [1.54, 1.807) is 6.07 Å².